The molecule has 0 heterocycles. The number of ether oxygens (including phenoxy) is 2. The van der Waals surface area contributed by atoms with Crippen LogP contribution in [-0.4, -0.2) is 21.5 Å². The smallest absolute Gasteiger partial charge is 0.176 e. The van der Waals surface area contributed by atoms with E-state index in [9.17, 15) is 18.7 Å². The number of rotatable bonds is 10. The van der Waals surface area contributed by atoms with Crippen LogP contribution in [0.4, 0.5) is 8.78 Å². The predicted octanol–water partition coefficient (Wildman–Crippen LogP) is 7.82. The van der Waals surface area contributed by atoms with Gasteiger partial charge in [0.1, 0.15) is 13.2 Å². The van der Waals surface area contributed by atoms with Gasteiger partial charge in [-0.1, -0.05) is 111 Å². The Morgan fingerprint density at radius 2 is 1.21 bits per heavy atom. The van der Waals surface area contributed by atoms with Crippen molar-refractivity contribution in [2.75, 3.05) is 10.7 Å². The fraction of sp³-hybridized carbons (Fsp3) is 0.167. The van der Waals surface area contributed by atoms with Gasteiger partial charge in [-0.25, -0.2) is 8.78 Å². The molecular formula is C30H26Br2F2O4. The van der Waals surface area contributed by atoms with Gasteiger partial charge >= 0.3 is 0 Å². The second kappa shape index (κ2) is 15.4. The number of ketones is 1. The van der Waals surface area contributed by atoms with Gasteiger partial charge in [0.15, 0.2) is 28.9 Å². The van der Waals surface area contributed by atoms with Crippen LogP contribution >= 0.6 is 31.9 Å². The highest BCUT2D eigenvalue weighted by Crippen LogP contribution is 2.27. The highest BCUT2D eigenvalue weighted by Gasteiger charge is 2.16. The van der Waals surface area contributed by atoms with E-state index < -0.39 is 17.7 Å². The molecule has 1 atom stereocenters. The Hall–Kier alpha value is -3.07. The zero-order valence-electron chi connectivity index (χ0n) is 20.3. The van der Waals surface area contributed by atoms with E-state index in [0.29, 0.717) is 6.61 Å². The molecular weight excluding hydrogens is 622 g/mol. The molecule has 4 nitrogen and oxygen atoms in total. The lowest BCUT2D eigenvalue weighted by atomic mass is 10.1. The molecule has 0 bridgehead atoms. The largest absolute Gasteiger partial charge is 0.486 e. The average molecular weight is 648 g/mol. The quantitative estimate of drug-likeness (QED) is 0.141. The fourth-order valence-electron chi connectivity index (χ4n) is 3.36. The number of halogens is 4. The SMILES string of the molecule is O=C(CBr)c1cccc(OCc2ccccc2)c1F.O[C@@H](CBr)c1cccc(OCc2ccccc2)c1F. The minimum absolute atomic E-state index is 0.0439. The summed E-state index contributed by atoms with van der Waals surface area (Å²) in [5.74, 6) is -1.17. The summed E-state index contributed by atoms with van der Waals surface area (Å²) in [5, 5.41) is 10.1. The maximum absolute atomic E-state index is 14.1. The van der Waals surface area contributed by atoms with Gasteiger partial charge in [0.2, 0.25) is 0 Å². The van der Waals surface area contributed by atoms with Crippen LogP contribution < -0.4 is 9.47 Å². The van der Waals surface area contributed by atoms with Gasteiger partial charge in [-0.3, -0.25) is 4.79 Å². The molecule has 0 aliphatic rings. The number of alkyl halides is 2. The first kappa shape index (κ1) is 29.5. The zero-order valence-corrected chi connectivity index (χ0v) is 23.5. The molecule has 0 aliphatic heterocycles. The molecule has 8 heteroatoms. The first-order chi connectivity index (χ1) is 18.4. The molecule has 0 saturated carbocycles. The molecule has 0 spiro atoms. The first-order valence-corrected chi connectivity index (χ1v) is 13.9. The normalized spacial score (nSPS) is 11.2. The molecule has 0 amide bonds. The van der Waals surface area contributed by atoms with E-state index in [4.69, 9.17) is 9.47 Å². The number of Topliss-reactive ketones (excluding diaryl/α,β-unsaturated/α-hetero) is 1. The van der Waals surface area contributed by atoms with E-state index in [2.05, 4.69) is 31.9 Å². The lowest BCUT2D eigenvalue weighted by Crippen LogP contribution is -2.06. The second-order valence-electron chi connectivity index (χ2n) is 8.05. The third kappa shape index (κ3) is 8.48. The number of hydrogen-bond acceptors (Lipinski definition) is 4. The van der Waals surface area contributed by atoms with E-state index in [1.807, 2.05) is 60.7 Å². The van der Waals surface area contributed by atoms with Crippen molar-refractivity contribution in [3.8, 4) is 11.5 Å². The van der Waals surface area contributed by atoms with Gasteiger partial charge in [0.25, 0.3) is 0 Å². The van der Waals surface area contributed by atoms with Crippen molar-refractivity contribution in [3.63, 3.8) is 0 Å². The highest BCUT2D eigenvalue weighted by molar-refractivity contribution is 9.09. The Kier molecular flexibility index (Phi) is 11.9. The van der Waals surface area contributed by atoms with Crippen LogP contribution in [0.1, 0.15) is 33.2 Å². The third-order valence-electron chi connectivity index (χ3n) is 5.36. The van der Waals surface area contributed by atoms with Crippen molar-refractivity contribution < 1.29 is 28.2 Å². The summed E-state index contributed by atoms with van der Waals surface area (Å²) in [7, 11) is 0. The number of hydrogen-bond donors (Lipinski definition) is 1. The average Bonchev–Trinajstić information content (AvgIpc) is 2.96. The van der Waals surface area contributed by atoms with Crippen molar-refractivity contribution >= 4 is 37.6 Å². The van der Waals surface area contributed by atoms with Crippen molar-refractivity contribution in [1.82, 2.24) is 0 Å². The summed E-state index contributed by atoms with van der Waals surface area (Å²) < 4.78 is 39.0. The summed E-state index contributed by atoms with van der Waals surface area (Å²) in [6.45, 7) is 0.565. The Balaban J connectivity index is 0.000000211. The van der Waals surface area contributed by atoms with Gasteiger partial charge in [0.05, 0.1) is 17.0 Å². The van der Waals surface area contributed by atoms with Crippen LogP contribution in [0, 0.1) is 11.6 Å². The van der Waals surface area contributed by atoms with E-state index in [1.54, 1.807) is 24.3 Å². The molecule has 4 aromatic rings. The monoisotopic (exact) mass is 646 g/mol. The summed E-state index contributed by atoms with van der Waals surface area (Å²) in [4.78, 5) is 11.5. The lowest BCUT2D eigenvalue weighted by molar-refractivity contribution is 0.101. The van der Waals surface area contributed by atoms with Gasteiger partial charge in [-0.05, 0) is 29.3 Å². The molecule has 1 N–H and O–H groups in total. The molecule has 0 unspecified atom stereocenters. The molecule has 198 valence electrons. The highest BCUT2D eigenvalue weighted by atomic mass is 79.9. The summed E-state index contributed by atoms with van der Waals surface area (Å²) in [6, 6.07) is 28.4. The minimum Gasteiger partial charge on any atom is -0.486 e. The molecule has 38 heavy (non-hydrogen) atoms. The van der Waals surface area contributed by atoms with Crippen LogP contribution in [0.3, 0.4) is 0 Å². The van der Waals surface area contributed by atoms with E-state index in [-0.39, 0.29) is 45.7 Å². The Labute approximate surface area is 237 Å². The van der Waals surface area contributed by atoms with Crippen molar-refractivity contribution in [2.45, 2.75) is 19.3 Å². The first-order valence-electron chi connectivity index (χ1n) is 11.7. The van der Waals surface area contributed by atoms with Crippen LogP contribution in [0.25, 0.3) is 0 Å². The maximum atomic E-state index is 14.1. The number of carbonyl (C=O) groups excluding carboxylic acids is 1. The molecule has 4 rings (SSSR count). The van der Waals surface area contributed by atoms with Crippen LogP contribution in [0.5, 0.6) is 11.5 Å². The Bertz CT molecular complexity index is 1300. The number of aliphatic hydroxyl groups is 1. The van der Waals surface area contributed by atoms with Gasteiger partial charge < -0.3 is 14.6 Å². The molecule has 0 fully saturated rings. The molecule has 0 saturated heterocycles. The predicted molar refractivity (Wildman–Crippen MR) is 151 cm³/mol. The van der Waals surface area contributed by atoms with Gasteiger partial charge in [0, 0.05) is 10.9 Å². The molecule has 4 aromatic carbocycles. The molecule has 0 radical (unpaired) electrons. The van der Waals surface area contributed by atoms with E-state index in [0.717, 1.165) is 11.1 Å². The van der Waals surface area contributed by atoms with Crippen molar-refractivity contribution in [2.24, 2.45) is 0 Å². The number of aliphatic hydroxyl groups excluding tert-OH is 1. The Morgan fingerprint density at radius 1 is 0.711 bits per heavy atom. The molecule has 0 aliphatic carbocycles. The van der Waals surface area contributed by atoms with Gasteiger partial charge in [-0.2, -0.15) is 0 Å². The van der Waals surface area contributed by atoms with E-state index >= 15 is 0 Å². The molecule has 0 aromatic heterocycles. The second-order valence-corrected chi connectivity index (χ2v) is 9.26. The van der Waals surface area contributed by atoms with Crippen LogP contribution in [0.15, 0.2) is 97.1 Å². The number of carbonyl (C=O) groups is 1. The van der Waals surface area contributed by atoms with Crippen LogP contribution in [0.2, 0.25) is 0 Å². The van der Waals surface area contributed by atoms with E-state index in [1.165, 1.54) is 12.1 Å². The van der Waals surface area contributed by atoms with Crippen molar-refractivity contribution in [1.29, 1.82) is 0 Å². The third-order valence-corrected chi connectivity index (χ3v) is 6.48. The number of benzene rings is 4. The fourth-order valence-corrected chi connectivity index (χ4v) is 4.01. The summed E-state index contributed by atoms with van der Waals surface area (Å²) in [6.07, 6.45) is -0.875. The van der Waals surface area contributed by atoms with Crippen LogP contribution in [-0.2, 0) is 13.2 Å². The Morgan fingerprint density at radius 3 is 1.71 bits per heavy atom. The van der Waals surface area contributed by atoms with Gasteiger partial charge in [-0.15, -0.1) is 0 Å². The van der Waals surface area contributed by atoms with Crippen molar-refractivity contribution in [3.05, 3.63) is 131 Å². The minimum atomic E-state index is -0.875. The maximum Gasteiger partial charge on any atom is 0.176 e. The lowest BCUT2D eigenvalue weighted by Gasteiger charge is -2.13. The topological polar surface area (TPSA) is 55.8 Å². The zero-order chi connectivity index (χ0) is 27.3. The standard InChI is InChI=1S/C15H14BrFO2.C15H12BrFO2/c2*16-9-13(18)12-7-4-8-14(15(12)17)19-10-11-5-2-1-3-6-11/h1-8,13,18H,9-10H2;1-8H,9-10H2/t13-;/m0./s1. The summed E-state index contributed by atoms with van der Waals surface area (Å²) in [5.41, 5.74) is 2.19. The summed E-state index contributed by atoms with van der Waals surface area (Å²) >= 11 is 6.16.